The van der Waals surface area contributed by atoms with Gasteiger partial charge in [0.05, 0.1) is 0 Å². The summed E-state index contributed by atoms with van der Waals surface area (Å²) < 4.78 is 0. The van der Waals surface area contributed by atoms with Crippen molar-refractivity contribution in [3.63, 3.8) is 0 Å². The van der Waals surface area contributed by atoms with Crippen LogP contribution in [0.2, 0.25) is 0 Å². The maximum absolute atomic E-state index is 11.4. The molecule has 0 N–H and O–H groups in total. The van der Waals surface area contributed by atoms with Crippen LogP contribution in [-0.4, -0.2) is 30.8 Å². The molecule has 1 saturated heterocycles. The van der Waals surface area contributed by atoms with Crippen LogP contribution in [0.1, 0.15) is 33.1 Å². The van der Waals surface area contributed by atoms with Gasteiger partial charge >= 0.3 is 0 Å². The summed E-state index contributed by atoms with van der Waals surface area (Å²) >= 11 is 0. The van der Waals surface area contributed by atoms with Crippen LogP contribution in [0.25, 0.3) is 0 Å². The molecule has 1 rings (SSSR count). The van der Waals surface area contributed by atoms with Crippen molar-refractivity contribution in [1.29, 1.82) is 0 Å². The maximum atomic E-state index is 11.4. The molecule has 2 nitrogen and oxygen atoms in total. The zero-order chi connectivity index (χ0) is 9.19. The molecule has 2 heteroatoms. The zero-order valence-electron chi connectivity index (χ0n) is 8.39. The summed E-state index contributed by atoms with van der Waals surface area (Å²) in [6.07, 6.45) is 2.61. The Morgan fingerprint density at radius 3 is 2.83 bits per heavy atom. The van der Waals surface area contributed by atoms with Gasteiger partial charge in [-0.25, -0.2) is 0 Å². The monoisotopic (exact) mass is 169 g/mol. The molecule has 1 aliphatic heterocycles. The average molecular weight is 169 g/mol. The van der Waals surface area contributed by atoms with Crippen molar-refractivity contribution >= 4 is 5.78 Å². The molecular formula is C10H19NO. The van der Waals surface area contributed by atoms with Crippen LogP contribution in [-0.2, 0) is 4.79 Å². The SMILES string of the molecule is CCC1(C)CC(=O)CCN(C)C1. The van der Waals surface area contributed by atoms with Gasteiger partial charge in [0.25, 0.3) is 0 Å². The van der Waals surface area contributed by atoms with Crippen LogP contribution in [0.5, 0.6) is 0 Å². The van der Waals surface area contributed by atoms with Crippen molar-refractivity contribution in [2.75, 3.05) is 20.1 Å². The Morgan fingerprint density at radius 1 is 1.58 bits per heavy atom. The molecule has 0 spiro atoms. The Labute approximate surface area is 74.9 Å². The minimum Gasteiger partial charge on any atom is -0.305 e. The Kier molecular flexibility index (Phi) is 2.89. The highest BCUT2D eigenvalue weighted by Gasteiger charge is 2.29. The third-order valence-corrected chi connectivity index (χ3v) is 2.90. The fraction of sp³-hybridized carbons (Fsp3) is 0.900. The first kappa shape index (κ1) is 9.72. The van der Waals surface area contributed by atoms with Crippen LogP contribution in [0.3, 0.4) is 0 Å². The lowest BCUT2D eigenvalue weighted by atomic mass is 9.82. The van der Waals surface area contributed by atoms with E-state index >= 15 is 0 Å². The van der Waals surface area contributed by atoms with Gasteiger partial charge in [-0.3, -0.25) is 4.79 Å². The van der Waals surface area contributed by atoms with Crippen molar-refractivity contribution in [2.24, 2.45) is 5.41 Å². The van der Waals surface area contributed by atoms with Gasteiger partial charge in [-0.1, -0.05) is 13.8 Å². The first-order valence-corrected chi connectivity index (χ1v) is 4.76. The minimum absolute atomic E-state index is 0.225. The van der Waals surface area contributed by atoms with Crippen molar-refractivity contribution in [1.82, 2.24) is 4.90 Å². The van der Waals surface area contributed by atoms with Gasteiger partial charge in [-0.15, -0.1) is 0 Å². The second-order valence-electron chi connectivity index (χ2n) is 4.37. The number of likely N-dealkylation sites (tertiary alicyclic amines) is 1. The molecule has 1 heterocycles. The molecular weight excluding hydrogens is 150 g/mol. The third-order valence-electron chi connectivity index (χ3n) is 2.90. The largest absolute Gasteiger partial charge is 0.305 e. The van der Waals surface area contributed by atoms with Crippen LogP contribution < -0.4 is 0 Å². The summed E-state index contributed by atoms with van der Waals surface area (Å²) in [7, 11) is 2.10. The molecule has 1 fully saturated rings. The zero-order valence-corrected chi connectivity index (χ0v) is 8.39. The van der Waals surface area contributed by atoms with E-state index in [-0.39, 0.29) is 5.41 Å². The number of ketones is 1. The third kappa shape index (κ3) is 2.31. The smallest absolute Gasteiger partial charge is 0.134 e. The number of nitrogens with zero attached hydrogens (tertiary/aromatic N) is 1. The summed E-state index contributed by atoms with van der Waals surface area (Å²) in [5.74, 6) is 0.434. The lowest BCUT2D eigenvalue weighted by Gasteiger charge is -2.29. The predicted molar refractivity (Wildman–Crippen MR) is 50.1 cm³/mol. The molecule has 70 valence electrons. The second-order valence-corrected chi connectivity index (χ2v) is 4.37. The van der Waals surface area contributed by atoms with E-state index in [2.05, 4.69) is 25.8 Å². The summed E-state index contributed by atoms with van der Waals surface area (Å²) in [5, 5.41) is 0. The van der Waals surface area contributed by atoms with Gasteiger partial charge in [0, 0.05) is 25.9 Å². The van der Waals surface area contributed by atoms with Crippen molar-refractivity contribution < 1.29 is 4.79 Å². The fourth-order valence-corrected chi connectivity index (χ4v) is 1.90. The summed E-state index contributed by atoms with van der Waals surface area (Å²) in [5.41, 5.74) is 0.225. The molecule has 0 bridgehead atoms. The highest BCUT2D eigenvalue weighted by Crippen LogP contribution is 2.29. The number of Topliss-reactive ketones (excluding diaryl/α,β-unsaturated/α-hetero) is 1. The minimum atomic E-state index is 0.225. The Hall–Kier alpha value is -0.370. The molecule has 1 atom stereocenters. The van der Waals surface area contributed by atoms with E-state index in [1.165, 1.54) is 0 Å². The number of rotatable bonds is 1. The quantitative estimate of drug-likeness (QED) is 0.595. The van der Waals surface area contributed by atoms with E-state index in [0.717, 1.165) is 32.4 Å². The van der Waals surface area contributed by atoms with Gasteiger partial charge in [0.1, 0.15) is 5.78 Å². The van der Waals surface area contributed by atoms with Gasteiger partial charge in [-0.2, -0.15) is 0 Å². The lowest BCUT2D eigenvalue weighted by Crippen LogP contribution is -2.31. The predicted octanol–water partition coefficient (Wildman–Crippen LogP) is 1.70. The molecule has 0 aromatic heterocycles. The fourth-order valence-electron chi connectivity index (χ4n) is 1.90. The standard InChI is InChI=1S/C10H19NO/c1-4-10(2)7-9(12)5-6-11(3)8-10/h4-8H2,1-3H3. The van der Waals surface area contributed by atoms with E-state index in [1.54, 1.807) is 0 Å². The summed E-state index contributed by atoms with van der Waals surface area (Å²) in [6, 6.07) is 0. The van der Waals surface area contributed by atoms with E-state index in [1.807, 2.05) is 0 Å². The molecule has 1 unspecified atom stereocenters. The molecule has 0 aromatic rings. The molecule has 1 aliphatic rings. The number of hydrogen-bond donors (Lipinski definition) is 0. The van der Waals surface area contributed by atoms with Gasteiger partial charge in [0.15, 0.2) is 0 Å². The normalized spacial score (nSPS) is 33.4. The first-order valence-electron chi connectivity index (χ1n) is 4.76. The van der Waals surface area contributed by atoms with E-state index in [9.17, 15) is 4.79 Å². The van der Waals surface area contributed by atoms with Crippen molar-refractivity contribution in [2.45, 2.75) is 33.1 Å². The summed E-state index contributed by atoms with van der Waals surface area (Å²) in [4.78, 5) is 13.6. The molecule has 0 saturated carbocycles. The molecule has 12 heavy (non-hydrogen) atoms. The number of hydrogen-bond acceptors (Lipinski definition) is 2. The van der Waals surface area contributed by atoms with Crippen LogP contribution in [0.15, 0.2) is 0 Å². The topological polar surface area (TPSA) is 20.3 Å². The molecule has 0 aliphatic carbocycles. The number of carbonyl (C=O) groups is 1. The number of carbonyl (C=O) groups excluding carboxylic acids is 1. The maximum Gasteiger partial charge on any atom is 0.134 e. The average Bonchev–Trinajstić information content (AvgIpc) is 2.11. The van der Waals surface area contributed by atoms with Gasteiger partial charge in [-0.05, 0) is 18.9 Å². The Balaban J connectivity index is 2.67. The first-order chi connectivity index (χ1) is 5.56. The highest BCUT2D eigenvalue weighted by molar-refractivity contribution is 5.79. The second kappa shape index (κ2) is 3.56. The van der Waals surface area contributed by atoms with Gasteiger partial charge < -0.3 is 4.90 Å². The molecule has 0 radical (unpaired) electrons. The Morgan fingerprint density at radius 2 is 2.25 bits per heavy atom. The summed E-state index contributed by atoms with van der Waals surface area (Å²) in [6.45, 7) is 6.39. The lowest BCUT2D eigenvalue weighted by molar-refractivity contribution is -0.120. The Bertz CT molecular complexity index is 179. The highest BCUT2D eigenvalue weighted by atomic mass is 16.1. The van der Waals surface area contributed by atoms with Crippen LogP contribution in [0.4, 0.5) is 0 Å². The van der Waals surface area contributed by atoms with Crippen molar-refractivity contribution in [3.05, 3.63) is 0 Å². The van der Waals surface area contributed by atoms with E-state index in [0.29, 0.717) is 5.78 Å². The van der Waals surface area contributed by atoms with Crippen LogP contribution in [0, 0.1) is 5.41 Å². The van der Waals surface area contributed by atoms with Crippen LogP contribution >= 0.6 is 0 Å². The van der Waals surface area contributed by atoms with E-state index in [4.69, 9.17) is 0 Å². The molecule has 0 amide bonds. The van der Waals surface area contributed by atoms with Crippen molar-refractivity contribution in [3.8, 4) is 0 Å². The van der Waals surface area contributed by atoms with Gasteiger partial charge in [0.2, 0.25) is 0 Å². The molecule has 0 aromatic carbocycles. The van der Waals surface area contributed by atoms with E-state index < -0.39 is 0 Å².